The maximum absolute atomic E-state index is 5.87. The van der Waals surface area contributed by atoms with Gasteiger partial charge in [-0.05, 0) is 48.1 Å². The second-order valence-electron chi connectivity index (χ2n) is 4.57. The molecule has 2 heterocycles. The first-order chi connectivity index (χ1) is 9.11. The van der Waals surface area contributed by atoms with Crippen LogP contribution in [0.4, 0.5) is 0 Å². The lowest BCUT2D eigenvalue weighted by atomic mass is 10.2. The molecule has 1 unspecified atom stereocenters. The van der Waals surface area contributed by atoms with Crippen LogP contribution in [0.3, 0.4) is 0 Å². The van der Waals surface area contributed by atoms with E-state index >= 15 is 0 Å². The van der Waals surface area contributed by atoms with E-state index in [-0.39, 0.29) is 6.04 Å². The van der Waals surface area contributed by atoms with E-state index in [2.05, 4.69) is 25.8 Å². The molecular weight excluding hydrogens is 306 g/mol. The van der Waals surface area contributed by atoms with Crippen molar-refractivity contribution < 1.29 is 4.42 Å². The Hall–Kier alpha value is -1.17. The van der Waals surface area contributed by atoms with Gasteiger partial charge in [-0.25, -0.2) is 0 Å². The number of aryl methyl sites for hydroxylation is 1. The number of likely N-dealkylation sites (N-methyl/N-ethyl adjacent to an activating group) is 1. The van der Waals surface area contributed by atoms with Gasteiger partial charge in [0.25, 0.3) is 0 Å². The molecule has 0 saturated carbocycles. The molecule has 0 fully saturated rings. The van der Waals surface area contributed by atoms with Crippen molar-refractivity contribution in [3.8, 4) is 0 Å². The van der Waals surface area contributed by atoms with E-state index in [1.807, 2.05) is 38.2 Å². The largest absolute Gasteiger partial charge is 0.466 e. The summed E-state index contributed by atoms with van der Waals surface area (Å²) in [7, 11) is 2.02. The Bertz CT molecular complexity index is 541. The molecule has 0 aromatic carbocycles. The van der Waals surface area contributed by atoms with Crippen LogP contribution in [0.5, 0.6) is 0 Å². The minimum atomic E-state index is 0.0340. The molecule has 5 heteroatoms. The van der Waals surface area contributed by atoms with Crippen molar-refractivity contribution in [3.05, 3.63) is 52.1 Å². The molecule has 0 aliphatic rings. The Kier molecular flexibility index (Phi) is 4.74. The second kappa shape index (κ2) is 6.32. The van der Waals surface area contributed by atoms with Crippen LogP contribution < -0.4 is 5.73 Å². The number of rotatable bonds is 5. The van der Waals surface area contributed by atoms with Crippen molar-refractivity contribution in [1.82, 2.24) is 9.88 Å². The molecule has 2 aromatic heterocycles. The van der Waals surface area contributed by atoms with Crippen molar-refractivity contribution in [2.24, 2.45) is 5.73 Å². The van der Waals surface area contributed by atoms with Gasteiger partial charge in [0.15, 0.2) is 0 Å². The fourth-order valence-electron chi connectivity index (χ4n) is 2.08. The maximum Gasteiger partial charge on any atom is 0.136 e. The van der Waals surface area contributed by atoms with E-state index in [1.54, 1.807) is 6.26 Å². The molecule has 2 rings (SSSR count). The molecule has 4 nitrogen and oxygen atoms in total. The van der Waals surface area contributed by atoms with E-state index in [0.29, 0.717) is 6.54 Å². The molecule has 2 N–H and O–H groups in total. The van der Waals surface area contributed by atoms with Gasteiger partial charge in [0.1, 0.15) is 5.76 Å². The molecule has 0 bridgehead atoms. The van der Waals surface area contributed by atoms with Crippen molar-refractivity contribution in [2.75, 3.05) is 13.6 Å². The molecule has 0 spiro atoms. The summed E-state index contributed by atoms with van der Waals surface area (Å²) in [5.41, 5.74) is 7.93. The van der Waals surface area contributed by atoms with Gasteiger partial charge in [0.05, 0.1) is 22.5 Å². The van der Waals surface area contributed by atoms with Crippen LogP contribution in [0.2, 0.25) is 0 Å². The summed E-state index contributed by atoms with van der Waals surface area (Å²) < 4.78 is 6.46. The summed E-state index contributed by atoms with van der Waals surface area (Å²) in [4.78, 5) is 6.65. The summed E-state index contributed by atoms with van der Waals surface area (Å²) in [5.74, 6) is 0.859. The van der Waals surface area contributed by atoms with Crippen LogP contribution in [0.1, 0.15) is 23.2 Å². The molecular formula is C14H18BrN3O. The molecule has 1 atom stereocenters. The Labute approximate surface area is 121 Å². The summed E-state index contributed by atoms with van der Waals surface area (Å²) >= 11 is 3.48. The highest BCUT2D eigenvalue weighted by Gasteiger charge is 2.21. The Morgan fingerprint density at radius 1 is 1.42 bits per heavy atom. The summed E-state index contributed by atoms with van der Waals surface area (Å²) in [6.07, 6.45) is 1.67. The molecule has 19 heavy (non-hydrogen) atoms. The van der Waals surface area contributed by atoms with Crippen LogP contribution in [0.25, 0.3) is 0 Å². The van der Waals surface area contributed by atoms with E-state index < -0.39 is 0 Å². The Morgan fingerprint density at radius 2 is 2.21 bits per heavy atom. The number of hydrogen-bond acceptors (Lipinski definition) is 4. The fraction of sp³-hybridized carbons (Fsp3) is 0.357. The SMILES string of the molecule is Cc1cccc(CN(C)C(CN)c2occc2Br)n1. The first-order valence-electron chi connectivity index (χ1n) is 6.17. The van der Waals surface area contributed by atoms with Crippen LogP contribution in [-0.4, -0.2) is 23.5 Å². The predicted molar refractivity (Wildman–Crippen MR) is 78.6 cm³/mol. The van der Waals surface area contributed by atoms with Gasteiger partial charge >= 0.3 is 0 Å². The smallest absolute Gasteiger partial charge is 0.136 e. The highest BCUT2D eigenvalue weighted by molar-refractivity contribution is 9.10. The van der Waals surface area contributed by atoms with Gasteiger partial charge in [-0.3, -0.25) is 9.88 Å². The molecule has 0 aliphatic carbocycles. The van der Waals surface area contributed by atoms with Gasteiger partial charge < -0.3 is 10.2 Å². The van der Waals surface area contributed by atoms with Crippen molar-refractivity contribution in [3.63, 3.8) is 0 Å². The zero-order valence-electron chi connectivity index (χ0n) is 11.1. The third-order valence-electron chi connectivity index (χ3n) is 3.06. The topological polar surface area (TPSA) is 55.3 Å². The summed E-state index contributed by atoms with van der Waals surface area (Å²) in [6, 6.07) is 7.95. The number of nitrogens with two attached hydrogens (primary N) is 1. The molecule has 0 radical (unpaired) electrons. The lowest BCUT2D eigenvalue weighted by Gasteiger charge is -2.25. The maximum atomic E-state index is 5.87. The number of halogens is 1. The highest BCUT2D eigenvalue weighted by Crippen LogP contribution is 2.28. The molecule has 0 saturated heterocycles. The number of pyridine rings is 1. The lowest BCUT2D eigenvalue weighted by molar-refractivity contribution is 0.209. The molecule has 0 aliphatic heterocycles. The number of aromatic nitrogens is 1. The molecule has 0 amide bonds. The van der Waals surface area contributed by atoms with E-state index in [0.717, 1.165) is 28.2 Å². The molecule has 102 valence electrons. The Morgan fingerprint density at radius 3 is 2.79 bits per heavy atom. The van der Waals surface area contributed by atoms with E-state index in [4.69, 9.17) is 10.2 Å². The third kappa shape index (κ3) is 3.43. The number of furan rings is 1. The minimum absolute atomic E-state index is 0.0340. The number of nitrogens with zero attached hydrogens (tertiary/aromatic N) is 2. The predicted octanol–water partition coefficient (Wildman–Crippen LogP) is 2.88. The second-order valence-corrected chi connectivity index (χ2v) is 5.42. The van der Waals surface area contributed by atoms with Gasteiger partial charge in [0.2, 0.25) is 0 Å². The molecule has 2 aromatic rings. The van der Waals surface area contributed by atoms with Crippen LogP contribution >= 0.6 is 15.9 Å². The van der Waals surface area contributed by atoms with Gasteiger partial charge in [-0.15, -0.1) is 0 Å². The summed E-state index contributed by atoms with van der Waals surface area (Å²) in [5, 5.41) is 0. The van der Waals surface area contributed by atoms with E-state index in [1.165, 1.54) is 0 Å². The average Bonchev–Trinajstić information content (AvgIpc) is 2.77. The normalized spacial score (nSPS) is 12.9. The first kappa shape index (κ1) is 14.2. The zero-order valence-corrected chi connectivity index (χ0v) is 12.7. The standard InChI is InChI=1S/C14H18BrN3O/c1-10-4-3-5-11(17-10)9-18(2)13(8-16)14-12(15)6-7-19-14/h3-7,13H,8-9,16H2,1-2H3. The van der Waals surface area contributed by atoms with Crippen molar-refractivity contribution >= 4 is 15.9 Å². The minimum Gasteiger partial charge on any atom is -0.466 e. The lowest BCUT2D eigenvalue weighted by Crippen LogP contribution is -2.30. The zero-order chi connectivity index (χ0) is 13.8. The van der Waals surface area contributed by atoms with Crippen LogP contribution in [0, 0.1) is 6.92 Å². The van der Waals surface area contributed by atoms with Gasteiger partial charge in [0, 0.05) is 18.8 Å². The number of hydrogen-bond donors (Lipinski definition) is 1. The van der Waals surface area contributed by atoms with Crippen molar-refractivity contribution in [1.29, 1.82) is 0 Å². The van der Waals surface area contributed by atoms with Crippen LogP contribution in [0.15, 0.2) is 39.4 Å². The van der Waals surface area contributed by atoms with E-state index in [9.17, 15) is 0 Å². The van der Waals surface area contributed by atoms with Crippen molar-refractivity contribution in [2.45, 2.75) is 19.5 Å². The third-order valence-corrected chi connectivity index (χ3v) is 3.72. The summed E-state index contributed by atoms with van der Waals surface area (Å²) in [6.45, 7) is 3.22. The Balaban J connectivity index is 2.14. The monoisotopic (exact) mass is 323 g/mol. The quantitative estimate of drug-likeness (QED) is 0.919. The fourth-order valence-corrected chi connectivity index (χ4v) is 2.55. The van der Waals surface area contributed by atoms with Crippen LogP contribution in [-0.2, 0) is 6.54 Å². The van der Waals surface area contributed by atoms with Gasteiger partial charge in [-0.1, -0.05) is 6.07 Å². The first-order valence-corrected chi connectivity index (χ1v) is 6.97. The van der Waals surface area contributed by atoms with Gasteiger partial charge in [-0.2, -0.15) is 0 Å². The average molecular weight is 324 g/mol. The highest BCUT2D eigenvalue weighted by atomic mass is 79.9.